The first-order chi connectivity index (χ1) is 7.45. The van der Waals surface area contributed by atoms with Crippen LogP contribution in [0.15, 0.2) is 0 Å². The van der Waals surface area contributed by atoms with E-state index in [0.717, 1.165) is 6.42 Å². The van der Waals surface area contributed by atoms with Crippen molar-refractivity contribution < 1.29 is 13.2 Å². The van der Waals surface area contributed by atoms with Gasteiger partial charge in [-0.1, -0.05) is 12.8 Å². The Labute approximate surface area is 93.8 Å². The Bertz CT molecular complexity index is 257. The highest BCUT2D eigenvalue weighted by molar-refractivity contribution is 4.88. The van der Waals surface area contributed by atoms with Crippen LogP contribution in [0.2, 0.25) is 0 Å². The van der Waals surface area contributed by atoms with Crippen molar-refractivity contribution in [2.75, 3.05) is 6.54 Å². The van der Waals surface area contributed by atoms with Crippen molar-refractivity contribution in [3.63, 3.8) is 0 Å². The third-order valence-corrected chi connectivity index (χ3v) is 3.09. The zero-order chi connectivity index (χ0) is 12.2. The van der Waals surface area contributed by atoms with E-state index in [4.69, 9.17) is 5.26 Å². The number of rotatable bonds is 3. The molecule has 0 aromatic heterocycles. The molecule has 0 saturated heterocycles. The van der Waals surface area contributed by atoms with Gasteiger partial charge in [-0.2, -0.15) is 18.4 Å². The third-order valence-electron chi connectivity index (χ3n) is 3.09. The third kappa shape index (κ3) is 3.67. The lowest BCUT2D eigenvalue weighted by Gasteiger charge is -2.33. The summed E-state index contributed by atoms with van der Waals surface area (Å²) in [6.45, 7) is 2.05. The molecule has 0 aliphatic heterocycles. The number of nitriles is 1. The summed E-state index contributed by atoms with van der Waals surface area (Å²) in [7, 11) is 0. The maximum absolute atomic E-state index is 12.7. The number of hydrogen-bond acceptors (Lipinski definition) is 2. The number of hydrogen-bond donors (Lipinski definition) is 1. The summed E-state index contributed by atoms with van der Waals surface area (Å²) in [6.07, 6.45) is -1.86. The molecule has 0 aromatic rings. The molecule has 0 heterocycles. The first-order valence-electron chi connectivity index (χ1n) is 5.65. The molecule has 1 aliphatic carbocycles. The van der Waals surface area contributed by atoms with Crippen LogP contribution in [0.5, 0.6) is 0 Å². The van der Waals surface area contributed by atoms with E-state index in [9.17, 15) is 13.2 Å². The van der Waals surface area contributed by atoms with Crippen LogP contribution >= 0.6 is 0 Å². The van der Waals surface area contributed by atoms with Crippen molar-refractivity contribution >= 4 is 0 Å². The van der Waals surface area contributed by atoms with Gasteiger partial charge in [0.2, 0.25) is 0 Å². The lowest BCUT2D eigenvalue weighted by Crippen LogP contribution is -2.46. The second kappa shape index (κ2) is 5.53. The average molecular weight is 234 g/mol. The molecule has 1 rings (SSSR count). The standard InChI is InChI=1S/C11H17F3N2/c1-8(6-15)7-16-10-5-3-2-4-9(10)11(12,13)14/h8-10,16H,2-5,7H2,1H3. The van der Waals surface area contributed by atoms with Crippen LogP contribution in [0.4, 0.5) is 13.2 Å². The topological polar surface area (TPSA) is 35.8 Å². The minimum atomic E-state index is -4.12. The monoisotopic (exact) mass is 234 g/mol. The number of nitrogens with one attached hydrogen (secondary N) is 1. The molecule has 0 bridgehead atoms. The van der Waals surface area contributed by atoms with Gasteiger partial charge in [-0.25, -0.2) is 0 Å². The fourth-order valence-corrected chi connectivity index (χ4v) is 2.14. The summed E-state index contributed by atoms with van der Waals surface area (Å²) in [5.41, 5.74) is 0. The number of alkyl halides is 3. The Balaban J connectivity index is 2.51. The smallest absolute Gasteiger partial charge is 0.312 e. The van der Waals surface area contributed by atoms with Crippen LogP contribution in [0.3, 0.4) is 0 Å². The maximum atomic E-state index is 12.7. The van der Waals surface area contributed by atoms with E-state index >= 15 is 0 Å². The summed E-state index contributed by atoms with van der Waals surface area (Å²) >= 11 is 0. The summed E-state index contributed by atoms with van der Waals surface area (Å²) < 4.78 is 38.1. The van der Waals surface area contributed by atoms with Gasteiger partial charge in [0.1, 0.15) is 0 Å². The minimum absolute atomic E-state index is 0.210. The first-order valence-corrected chi connectivity index (χ1v) is 5.65. The van der Waals surface area contributed by atoms with Crippen molar-refractivity contribution in [1.82, 2.24) is 5.32 Å². The van der Waals surface area contributed by atoms with E-state index in [2.05, 4.69) is 5.32 Å². The molecular weight excluding hydrogens is 217 g/mol. The average Bonchev–Trinajstić information content (AvgIpc) is 2.25. The molecule has 5 heteroatoms. The Morgan fingerprint density at radius 3 is 2.56 bits per heavy atom. The quantitative estimate of drug-likeness (QED) is 0.815. The van der Waals surface area contributed by atoms with E-state index in [1.807, 2.05) is 6.07 Å². The van der Waals surface area contributed by atoms with Gasteiger partial charge in [0.15, 0.2) is 0 Å². The molecule has 2 nitrogen and oxygen atoms in total. The number of halogens is 3. The van der Waals surface area contributed by atoms with E-state index in [-0.39, 0.29) is 12.3 Å². The molecule has 3 unspecified atom stereocenters. The highest BCUT2D eigenvalue weighted by Gasteiger charge is 2.45. The Morgan fingerprint density at radius 2 is 2.00 bits per heavy atom. The molecule has 16 heavy (non-hydrogen) atoms. The van der Waals surface area contributed by atoms with E-state index < -0.39 is 18.1 Å². The largest absolute Gasteiger partial charge is 0.393 e. The van der Waals surface area contributed by atoms with Gasteiger partial charge in [0.05, 0.1) is 17.9 Å². The Morgan fingerprint density at radius 1 is 1.38 bits per heavy atom. The summed E-state index contributed by atoms with van der Waals surface area (Å²) in [4.78, 5) is 0. The second-order valence-corrected chi connectivity index (χ2v) is 4.48. The lowest BCUT2D eigenvalue weighted by atomic mass is 9.84. The van der Waals surface area contributed by atoms with Crippen LogP contribution in [-0.4, -0.2) is 18.8 Å². The van der Waals surface area contributed by atoms with Gasteiger partial charge in [0, 0.05) is 12.6 Å². The second-order valence-electron chi connectivity index (χ2n) is 4.48. The van der Waals surface area contributed by atoms with Crippen LogP contribution in [-0.2, 0) is 0 Å². The minimum Gasteiger partial charge on any atom is -0.312 e. The predicted molar refractivity (Wildman–Crippen MR) is 54.6 cm³/mol. The molecule has 92 valence electrons. The summed E-state index contributed by atoms with van der Waals surface area (Å²) in [5.74, 6) is -1.48. The fraction of sp³-hybridized carbons (Fsp3) is 0.909. The van der Waals surface area contributed by atoms with E-state index in [1.54, 1.807) is 6.92 Å². The van der Waals surface area contributed by atoms with Gasteiger partial charge in [0.25, 0.3) is 0 Å². The van der Waals surface area contributed by atoms with Crippen LogP contribution in [0.25, 0.3) is 0 Å². The van der Waals surface area contributed by atoms with Crippen molar-refractivity contribution in [3.8, 4) is 6.07 Å². The highest BCUT2D eigenvalue weighted by atomic mass is 19.4. The molecule has 1 fully saturated rings. The molecule has 3 atom stereocenters. The molecule has 0 amide bonds. The molecule has 1 aliphatic rings. The van der Waals surface area contributed by atoms with Gasteiger partial charge >= 0.3 is 6.18 Å². The molecule has 1 N–H and O–H groups in total. The molecule has 0 radical (unpaired) electrons. The van der Waals surface area contributed by atoms with Gasteiger partial charge in [-0.15, -0.1) is 0 Å². The van der Waals surface area contributed by atoms with Gasteiger partial charge in [-0.05, 0) is 19.8 Å². The summed E-state index contributed by atoms with van der Waals surface area (Å²) in [5, 5.41) is 11.5. The Hall–Kier alpha value is -0.760. The molecule has 0 spiro atoms. The zero-order valence-corrected chi connectivity index (χ0v) is 9.35. The highest BCUT2D eigenvalue weighted by Crippen LogP contribution is 2.37. The Kier molecular flexibility index (Phi) is 4.60. The molecular formula is C11H17F3N2. The predicted octanol–water partition coefficient (Wildman–Crippen LogP) is 2.86. The van der Waals surface area contributed by atoms with E-state index in [1.165, 1.54) is 0 Å². The van der Waals surface area contributed by atoms with Crippen LogP contribution in [0, 0.1) is 23.2 Å². The van der Waals surface area contributed by atoms with Crippen molar-refractivity contribution in [2.45, 2.75) is 44.8 Å². The number of nitrogens with zero attached hydrogens (tertiary/aromatic N) is 1. The molecule has 1 saturated carbocycles. The van der Waals surface area contributed by atoms with Crippen LogP contribution in [0.1, 0.15) is 32.6 Å². The summed E-state index contributed by atoms with van der Waals surface area (Å²) in [6, 6.07) is 1.50. The molecule has 0 aromatic carbocycles. The normalized spacial score (nSPS) is 28.4. The van der Waals surface area contributed by atoms with Crippen molar-refractivity contribution in [3.05, 3.63) is 0 Å². The van der Waals surface area contributed by atoms with Crippen molar-refractivity contribution in [1.29, 1.82) is 5.26 Å². The fourth-order valence-electron chi connectivity index (χ4n) is 2.14. The first kappa shape index (κ1) is 13.3. The SMILES string of the molecule is CC(C#N)CNC1CCCCC1C(F)(F)F. The maximum Gasteiger partial charge on any atom is 0.393 e. The van der Waals surface area contributed by atoms with E-state index in [0.29, 0.717) is 19.4 Å². The van der Waals surface area contributed by atoms with Crippen molar-refractivity contribution in [2.24, 2.45) is 11.8 Å². The zero-order valence-electron chi connectivity index (χ0n) is 9.35. The van der Waals surface area contributed by atoms with Gasteiger partial charge in [-0.3, -0.25) is 0 Å². The van der Waals surface area contributed by atoms with Crippen LogP contribution < -0.4 is 5.32 Å². The van der Waals surface area contributed by atoms with Gasteiger partial charge < -0.3 is 5.32 Å². The lowest BCUT2D eigenvalue weighted by molar-refractivity contribution is -0.188.